The Balaban J connectivity index is 2.35. The van der Waals surface area contributed by atoms with Crippen molar-refractivity contribution in [3.05, 3.63) is 36.4 Å². The van der Waals surface area contributed by atoms with Gasteiger partial charge in [-0.1, -0.05) is 38.1 Å². The Hall–Kier alpha value is -1.70. The fourth-order valence-electron chi connectivity index (χ4n) is 1.76. The summed E-state index contributed by atoms with van der Waals surface area (Å²) in [5.41, 5.74) is 0. The van der Waals surface area contributed by atoms with Gasteiger partial charge in [0.2, 0.25) is 0 Å². The average Bonchev–Trinajstić information content (AvgIpc) is 2.42. The van der Waals surface area contributed by atoms with Gasteiger partial charge in [0.15, 0.2) is 11.5 Å². The standard InChI is InChI=1S/C16H19O2/c1-3-9-17-15-11-13-7-5-6-8-14(13)12-16(15)18-10-4-2/h5-8,11H,3-4,9-10H2,1-2H3. The normalized spacial score (nSPS) is 10.6. The van der Waals surface area contributed by atoms with Crippen molar-refractivity contribution in [3.8, 4) is 11.5 Å². The second kappa shape index (κ2) is 6.29. The molecule has 0 aliphatic carbocycles. The molecule has 0 heterocycles. The molecular weight excluding hydrogens is 224 g/mol. The lowest BCUT2D eigenvalue weighted by Gasteiger charge is -2.12. The highest BCUT2D eigenvalue weighted by Crippen LogP contribution is 2.32. The molecule has 0 atom stereocenters. The van der Waals surface area contributed by atoms with Gasteiger partial charge in [0.25, 0.3) is 0 Å². The lowest BCUT2D eigenvalue weighted by atomic mass is 10.1. The van der Waals surface area contributed by atoms with Crippen LogP contribution >= 0.6 is 0 Å². The van der Waals surface area contributed by atoms with Crippen LogP contribution < -0.4 is 9.47 Å². The van der Waals surface area contributed by atoms with Gasteiger partial charge in [0.1, 0.15) is 0 Å². The molecule has 0 spiro atoms. The topological polar surface area (TPSA) is 18.5 Å². The molecule has 2 aromatic rings. The highest BCUT2D eigenvalue weighted by molar-refractivity contribution is 5.85. The highest BCUT2D eigenvalue weighted by atomic mass is 16.5. The first-order chi connectivity index (χ1) is 8.85. The molecule has 0 N–H and O–H groups in total. The Morgan fingerprint density at radius 1 is 1.00 bits per heavy atom. The zero-order valence-electron chi connectivity index (χ0n) is 11.0. The van der Waals surface area contributed by atoms with Gasteiger partial charge in [-0.25, -0.2) is 0 Å². The molecule has 2 heteroatoms. The SMILES string of the molecule is CCCOc1[c]c2ccccc2cc1OCCC. The predicted octanol–water partition coefficient (Wildman–Crippen LogP) is 4.22. The first-order valence-corrected chi connectivity index (χ1v) is 6.55. The molecule has 0 aromatic heterocycles. The monoisotopic (exact) mass is 243 g/mol. The summed E-state index contributed by atoms with van der Waals surface area (Å²) in [5, 5.41) is 2.19. The number of hydrogen-bond donors (Lipinski definition) is 0. The summed E-state index contributed by atoms with van der Waals surface area (Å²) < 4.78 is 11.4. The second-order valence-electron chi connectivity index (χ2n) is 4.25. The van der Waals surface area contributed by atoms with Crippen molar-refractivity contribution in [2.45, 2.75) is 26.7 Å². The van der Waals surface area contributed by atoms with E-state index >= 15 is 0 Å². The van der Waals surface area contributed by atoms with E-state index in [4.69, 9.17) is 9.47 Å². The van der Waals surface area contributed by atoms with Crippen LogP contribution in [0.3, 0.4) is 0 Å². The Labute approximate surface area is 109 Å². The largest absolute Gasteiger partial charge is 0.490 e. The van der Waals surface area contributed by atoms with E-state index in [9.17, 15) is 0 Å². The molecule has 0 bridgehead atoms. The minimum absolute atomic E-state index is 0.692. The van der Waals surface area contributed by atoms with Crippen LogP contribution in [0.25, 0.3) is 10.8 Å². The summed E-state index contributed by atoms with van der Waals surface area (Å²) in [7, 11) is 0. The van der Waals surface area contributed by atoms with Gasteiger partial charge in [-0.15, -0.1) is 0 Å². The molecule has 2 aromatic carbocycles. The van der Waals surface area contributed by atoms with Crippen molar-refractivity contribution < 1.29 is 9.47 Å². The van der Waals surface area contributed by atoms with E-state index in [0.29, 0.717) is 13.2 Å². The van der Waals surface area contributed by atoms with Crippen LogP contribution in [0.4, 0.5) is 0 Å². The first kappa shape index (κ1) is 12.7. The van der Waals surface area contributed by atoms with Crippen LogP contribution in [0.1, 0.15) is 26.7 Å². The molecule has 2 rings (SSSR count). The second-order valence-corrected chi connectivity index (χ2v) is 4.25. The summed E-state index contributed by atoms with van der Waals surface area (Å²) in [4.78, 5) is 0. The molecule has 0 aliphatic rings. The van der Waals surface area contributed by atoms with E-state index < -0.39 is 0 Å². The number of rotatable bonds is 6. The van der Waals surface area contributed by atoms with E-state index in [2.05, 4.69) is 26.0 Å². The number of fused-ring (bicyclic) bond motifs is 1. The molecule has 1 radical (unpaired) electrons. The van der Waals surface area contributed by atoms with Gasteiger partial charge < -0.3 is 9.47 Å². The third-order valence-electron chi connectivity index (χ3n) is 2.63. The lowest BCUT2D eigenvalue weighted by Crippen LogP contribution is -2.01. The molecule has 2 nitrogen and oxygen atoms in total. The van der Waals surface area contributed by atoms with E-state index in [1.807, 2.05) is 24.3 Å². The maximum absolute atomic E-state index is 5.74. The van der Waals surface area contributed by atoms with Gasteiger partial charge in [-0.05, 0) is 29.7 Å². The van der Waals surface area contributed by atoms with Crippen LogP contribution in [0.2, 0.25) is 0 Å². The lowest BCUT2D eigenvalue weighted by molar-refractivity contribution is 0.268. The van der Waals surface area contributed by atoms with Gasteiger partial charge in [-0.3, -0.25) is 0 Å². The molecule has 0 saturated heterocycles. The zero-order valence-corrected chi connectivity index (χ0v) is 11.0. The molecule has 0 amide bonds. The summed E-state index contributed by atoms with van der Waals surface area (Å²) >= 11 is 0. The maximum Gasteiger partial charge on any atom is 0.169 e. The van der Waals surface area contributed by atoms with Crippen molar-refractivity contribution in [1.82, 2.24) is 0 Å². The van der Waals surface area contributed by atoms with Gasteiger partial charge >= 0.3 is 0 Å². The minimum Gasteiger partial charge on any atom is -0.490 e. The third-order valence-corrected chi connectivity index (χ3v) is 2.63. The molecular formula is C16H19O2. The molecule has 95 valence electrons. The molecule has 0 aliphatic heterocycles. The fourth-order valence-corrected chi connectivity index (χ4v) is 1.76. The van der Waals surface area contributed by atoms with Gasteiger partial charge in [0, 0.05) is 6.07 Å². The predicted molar refractivity (Wildman–Crippen MR) is 74.4 cm³/mol. The Bertz CT molecular complexity index is 459. The molecule has 0 unspecified atom stereocenters. The van der Waals surface area contributed by atoms with E-state index in [-0.39, 0.29) is 0 Å². The quantitative estimate of drug-likeness (QED) is 0.756. The number of benzene rings is 2. The van der Waals surface area contributed by atoms with Crippen molar-refractivity contribution in [1.29, 1.82) is 0 Å². The minimum atomic E-state index is 0.692. The smallest absolute Gasteiger partial charge is 0.169 e. The van der Waals surface area contributed by atoms with Crippen LogP contribution in [-0.2, 0) is 0 Å². The third kappa shape index (κ3) is 2.95. The van der Waals surface area contributed by atoms with Crippen molar-refractivity contribution in [2.75, 3.05) is 13.2 Å². The fraction of sp³-hybridized carbons (Fsp3) is 0.375. The zero-order chi connectivity index (χ0) is 12.8. The Morgan fingerprint density at radius 3 is 2.50 bits per heavy atom. The van der Waals surface area contributed by atoms with Crippen molar-refractivity contribution >= 4 is 10.8 Å². The highest BCUT2D eigenvalue weighted by Gasteiger charge is 2.07. The Morgan fingerprint density at radius 2 is 1.72 bits per heavy atom. The summed E-state index contributed by atoms with van der Waals surface area (Å²) in [5.74, 6) is 1.52. The summed E-state index contributed by atoms with van der Waals surface area (Å²) in [6.07, 6.45) is 1.97. The first-order valence-electron chi connectivity index (χ1n) is 6.55. The van der Waals surface area contributed by atoms with E-state index in [0.717, 1.165) is 35.1 Å². The van der Waals surface area contributed by atoms with Gasteiger partial charge in [-0.2, -0.15) is 0 Å². The van der Waals surface area contributed by atoms with Crippen molar-refractivity contribution in [2.24, 2.45) is 0 Å². The van der Waals surface area contributed by atoms with Gasteiger partial charge in [0.05, 0.1) is 13.2 Å². The molecule has 0 fully saturated rings. The van der Waals surface area contributed by atoms with E-state index in [1.165, 1.54) is 0 Å². The molecule has 18 heavy (non-hydrogen) atoms. The summed E-state index contributed by atoms with van der Waals surface area (Å²) in [6, 6.07) is 13.5. The van der Waals surface area contributed by atoms with Crippen LogP contribution in [0.15, 0.2) is 30.3 Å². The number of hydrogen-bond acceptors (Lipinski definition) is 2. The van der Waals surface area contributed by atoms with E-state index in [1.54, 1.807) is 0 Å². The maximum atomic E-state index is 5.74. The van der Waals surface area contributed by atoms with Crippen LogP contribution in [0.5, 0.6) is 11.5 Å². The average molecular weight is 243 g/mol. The van der Waals surface area contributed by atoms with Crippen molar-refractivity contribution in [3.63, 3.8) is 0 Å². The van der Waals surface area contributed by atoms with Crippen LogP contribution in [0, 0.1) is 6.07 Å². The Kier molecular flexibility index (Phi) is 4.46. The molecule has 0 saturated carbocycles. The summed E-state index contributed by atoms with van der Waals surface area (Å²) in [6.45, 7) is 5.58. The van der Waals surface area contributed by atoms with Crippen LogP contribution in [-0.4, -0.2) is 13.2 Å². The number of ether oxygens (including phenoxy) is 2.